The molecule has 0 bridgehead atoms. The van der Waals surface area contributed by atoms with Crippen LogP contribution >= 0.6 is 15.9 Å². The van der Waals surface area contributed by atoms with E-state index in [4.69, 9.17) is 4.74 Å². The van der Waals surface area contributed by atoms with Crippen LogP contribution < -0.4 is 4.74 Å². The minimum atomic E-state index is 0.607. The van der Waals surface area contributed by atoms with Crippen LogP contribution in [0.25, 0.3) is 0 Å². The highest BCUT2D eigenvalue weighted by Gasteiger charge is 2.01. The molecule has 14 heavy (non-hydrogen) atoms. The van der Waals surface area contributed by atoms with Crippen LogP contribution in [-0.2, 0) is 6.42 Å². The zero-order chi connectivity index (χ0) is 10.4. The van der Waals surface area contributed by atoms with E-state index >= 15 is 0 Å². The topological polar surface area (TPSA) is 35.0 Å². The Morgan fingerprint density at radius 2 is 2.36 bits per heavy atom. The third-order valence-electron chi connectivity index (χ3n) is 1.61. The van der Waals surface area contributed by atoms with E-state index in [0.717, 1.165) is 23.3 Å². The van der Waals surface area contributed by atoms with Gasteiger partial charge in [0, 0.05) is 12.5 Å². The molecule has 0 saturated heterocycles. The van der Waals surface area contributed by atoms with Crippen LogP contribution in [0.1, 0.15) is 19.2 Å². The molecule has 0 aliphatic rings. The summed E-state index contributed by atoms with van der Waals surface area (Å²) in [5, 5.41) is 0. The highest BCUT2D eigenvalue weighted by molar-refractivity contribution is 9.10. The summed E-state index contributed by atoms with van der Waals surface area (Å²) < 4.78 is 6.18. The molecule has 1 aromatic rings. The smallest absolute Gasteiger partial charge is 0.217 e. The number of rotatable bonds is 5. The van der Waals surface area contributed by atoms with Crippen molar-refractivity contribution >= 4 is 15.9 Å². The number of nitrogens with zero attached hydrogens (tertiary/aromatic N) is 2. The van der Waals surface area contributed by atoms with E-state index in [-0.39, 0.29) is 0 Å². The highest BCUT2D eigenvalue weighted by atomic mass is 79.9. The first kappa shape index (κ1) is 11.2. The second kappa shape index (κ2) is 5.75. The fourth-order valence-corrected chi connectivity index (χ4v) is 1.32. The molecule has 1 aromatic heterocycles. The molecule has 0 amide bonds. The third-order valence-corrected chi connectivity index (χ3v) is 2.01. The van der Waals surface area contributed by atoms with Crippen molar-refractivity contribution < 1.29 is 4.74 Å². The summed E-state index contributed by atoms with van der Waals surface area (Å²) in [4.78, 5) is 8.41. The standard InChI is InChI=1S/C10H13BrN2O/c1-3-5-6-14-10-7-8(11)12-9(4-2)13-10/h3,7H,1,4-6H2,2H3. The second-order valence-corrected chi connectivity index (χ2v) is 3.54. The monoisotopic (exact) mass is 256 g/mol. The minimum absolute atomic E-state index is 0.607. The average molecular weight is 257 g/mol. The van der Waals surface area contributed by atoms with Crippen molar-refractivity contribution in [2.45, 2.75) is 19.8 Å². The predicted octanol–water partition coefficient (Wildman–Crippen LogP) is 2.76. The number of aryl methyl sites for hydroxylation is 1. The predicted molar refractivity (Wildman–Crippen MR) is 59.4 cm³/mol. The van der Waals surface area contributed by atoms with Gasteiger partial charge < -0.3 is 4.74 Å². The number of hydrogen-bond donors (Lipinski definition) is 0. The molecular formula is C10H13BrN2O. The zero-order valence-corrected chi connectivity index (χ0v) is 9.75. The van der Waals surface area contributed by atoms with Crippen molar-refractivity contribution in [2.24, 2.45) is 0 Å². The first-order valence-electron chi connectivity index (χ1n) is 4.53. The molecule has 0 radical (unpaired) electrons. The molecule has 0 fully saturated rings. The van der Waals surface area contributed by atoms with Gasteiger partial charge >= 0.3 is 0 Å². The van der Waals surface area contributed by atoms with Crippen LogP contribution in [0, 0.1) is 0 Å². The van der Waals surface area contributed by atoms with Gasteiger partial charge in [0.15, 0.2) is 0 Å². The molecule has 3 nitrogen and oxygen atoms in total. The Balaban J connectivity index is 2.66. The van der Waals surface area contributed by atoms with Crippen LogP contribution in [0.5, 0.6) is 5.88 Å². The van der Waals surface area contributed by atoms with Crippen molar-refractivity contribution in [1.29, 1.82) is 0 Å². The van der Waals surface area contributed by atoms with Gasteiger partial charge in [-0.25, -0.2) is 4.98 Å². The summed E-state index contributed by atoms with van der Waals surface area (Å²) >= 11 is 3.31. The maximum absolute atomic E-state index is 5.42. The maximum atomic E-state index is 5.42. The summed E-state index contributed by atoms with van der Waals surface area (Å²) in [5.41, 5.74) is 0. The van der Waals surface area contributed by atoms with Crippen molar-refractivity contribution in [1.82, 2.24) is 9.97 Å². The summed E-state index contributed by atoms with van der Waals surface area (Å²) in [7, 11) is 0. The van der Waals surface area contributed by atoms with Gasteiger partial charge in [-0.15, -0.1) is 6.58 Å². The molecule has 0 atom stereocenters. The Hall–Kier alpha value is -0.900. The molecule has 76 valence electrons. The molecule has 0 aromatic carbocycles. The maximum Gasteiger partial charge on any atom is 0.217 e. The lowest BCUT2D eigenvalue weighted by Gasteiger charge is -2.05. The van der Waals surface area contributed by atoms with E-state index in [1.54, 1.807) is 6.07 Å². The fourth-order valence-electron chi connectivity index (χ4n) is 0.921. The normalized spacial score (nSPS) is 9.86. The SMILES string of the molecule is C=CCCOc1cc(Br)nc(CC)n1. The minimum Gasteiger partial charge on any atom is -0.477 e. The van der Waals surface area contributed by atoms with Gasteiger partial charge in [-0.2, -0.15) is 4.98 Å². The molecule has 0 unspecified atom stereocenters. The molecule has 1 heterocycles. The van der Waals surface area contributed by atoms with Gasteiger partial charge in [0.1, 0.15) is 10.4 Å². The summed E-state index contributed by atoms with van der Waals surface area (Å²) in [6, 6.07) is 1.77. The molecule has 1 rings (SSSR count). The van der Waals surface area contributed by atoms with Gasteiger partial charge in [0.05, 0.1) is 6.61 Å². The lowest BCUT2D eigenvalue weighted by molar-refractivity contribution is 0.310. The van der Waals surface area contributed by atoms with Gasteiger partial charge in [0.2, 0.25) is 5.88 Å². The highest BCUT2D eigenvalue weighted by Crippen LogP contribution is 2.14. The number of halogens is 1. The van der Waals surface area contributed by atoms with Gasteiger partial charge in [-0.05, 0) is 22.4 Å². The van der Waals surface area contributed by atoms with E-state index in [1.807, 2.05) is 13.0 Å². The Labute approximate surface area is 92.4 Å². The van der Waals surface area contributed by atoms with Gasteiger partial charge in [-0.3, -0.25) is 0 Å². The van der Waals surface area contributed by atoms with Crippen LogP contribution in [0.3, 0.4) is 0 Å². The van der Waals surface area contributed by atoms with Crippen molar-refractivity contribution in [3.8, 4) is 5.88 Å². The first-order chi connectivity index (χ1) is 6.76. The van der Waals surface area contributed by atoms with E-state index in [9.17, 15) is 0 Å². The molecule has 0 N–H and O–H groups in total. The van der Waals surface area contributed by atoms with Crippen molar-refractivity contribution in [2.75, 3.05) is 6.61 Å². The Morgan fingerprint density at radius 3 is 3.00 bits per heavy atom. The molecule has 0 aliphatic carbocycles. The number of hydrogen-bond acceptors (Lipinski definition) is 3. The van der Waals surface area contributed by atoms with Crippen molar-refractivity contribution in [3.63, 3.8) is 0 Å². The molecule has 0 spiro atoms. The van der Waals surface area contributed by atoms with Crippen LogP contribution in [0.2, 0.25) is 0 Å². The van der Waals surface area contributed by atoms with Gasteiger partial charge in [-0.1, -0.05) is 13.0 Å². The third kappa shape index (κ3) is 3.46. The molecule has 0 aliphatic heterocycles. The van der Waals surface area contributed by atoms with Gasteiger partial charge in [0.25, 0.3) is 0 Å². The Bertz CT molecular complexity index is 315. The first-order valence-corrected chi connectivity index (χ1v) is 5.32. The van der Waals surface area contributed by atoms with E-state index < -0.39 is 0 Å². The Kier molecular flexibility index (Phi) is 4.59. The second-order valence-electron chi connectivity index (χ2n) is 2.72. The number of ether oxygens (including phenoxy) is 1. The van der Waals surface area contributed by atoms with Crippen LogP contribution in [0.4, 0.5) is 0 Å². The molecule has 4 heteroatoms. The fraction of sp³-hybridized carbons (Fsp3) is 0.400. The number of aromatic nitrogens is 2. The summed E-state index contributed by atoms with van der Waals surface area (Å²) in [6.45, 7) is 6.24. The molecular weight excluding hydrogens is 244 g/mol. The van der Waals surface area contributed by atoms with Crippen molar-refractivity contribution in [3.05, 3.63) is 29.1 Å². The summed E-state index contributed by atoms with van der Waals surface area (Å²) in [6.07, 6.45) is 3.44. The van der Waals surface area contributed by atoms with Crippen LogP contribution in [0.15, 0.2) is 23.3 Å². The lowest BCUT2D eigenvalue weighted by atomic mass is 10.4. The van der Waals surface area contributed by atoms with E-state index in [2.05, 4.69) is 32.5 Å². The van der Waals surface area contributed by atoms with Crippen LogP contribution in [-0.4, -0.2) is 16.6 Å². The average Bonchev–Trinajstić information content (AvgIpc) is 2.17. The largest absolute Gasteiger partial charge is 0.477 e. The quantitative estimate of drug-likeness (QED) is 0.462. The zero-order valence-electron chi connectivity index (χ0n) is 8.16. The Morgan fingerprint density at radius 1 is 1.57 bits per heavy atom. The van der Waals surface area contributed by atoms with E-state index in [0.29, 0.717) is 12.5 Å². The summed E-state index contributed by atoms with van der Waals surface area (Å²) in [5.74, 6) is 1.40. The molecule has 0 saturated carbocycles. The van der Waals surface area contributed by atoms with E-state index in [1.165, 1.54) is 0 Å². The lowest BCUT2D eigenvalue weighted by Crippen LogP contribution is -2.01.